The number of fused-ring (bicyclic) bond motifs is 1. The summed E-state index contributed by atoms with van der Waals surface area (Å²) in [5.74, 6) is 0.208. The molecule has 0 bridgehead atoms. The van der Waals surface area contributed by atoms with Crippen LogP contribution in [0.25, 0.3) is 10.9 Å². The van der Waals surface area contributed by atoms with E-state index in [1.54, 1.807) is 30.5 Å². The van der Waals surface area contributed by atoms with Gasteiger partial charge in [-0.15, -0.1) is 0 Å². The van der Waals surface area contributed by atoms with Crippen molar-refractivity contribution in [2.45, 2.75) is 25.2 Å². The molecule has 3 N–H and O–H groups in total. The minimum Gasteiger partial charge on any atom is -0.330 e. The van der Waals surface area contributed by atoms with Crippen molar-refractivity contribution in [3.63, 3.8) is 0 Å². The van der Waals surface area contributed by atoms with E-state index in [0.717, 1.165) is 17.5 Å². The van der Waals surface area contributed by atoms with E-state index in [1.807, 2.05) is 13.8 Å². The molecule has 0 aliphatic carbocycles. The van der Waals surface area contributed by atoms with Gasteiger partial charge in [-0.05, 0) is 49.6 Å². The Balaban J connectivity index is 2.35. The third kappa shape index (κ3) is 3.58. The second-order valence-electron chi connectivity index (χ2n) is 5.31. The van der Waals surface area contributed by atoms with Crippen molar-refractivity contribution in [1.29, 1.82) is 0 Å². The lowest BCUT2D eigenvalue weighted by Crippen LogP contribution is -2.29. The normalized spacial score (nSPS) is 13.5. The number of aryl methyl sites for hydroxylation is 1. The van der Waals surface area contributed by atoms with E-state index in [-0.39, 0.29) is 10.8 Å². The van der Waals surface area contributed by atoms with E-state index in [0.29, 0.717) is 18.5 Å². The molecule has 114 valence electrons. The zero-order valence-corrected chi connectivity index (χ0v) is 13.2. The van der Waals surface area contributed by atoms with Crippen molar-refractivity contribution in [2.75, 3.05) is 13.1 Å². The van der Waals surface area contributed by atoms with Crippen molar-refractivity contribution in [1.82, 2.24) is 9.71 Å². The fourth-order valence-electron chi connectivity index (χ4n) is 2.24. The minimum atomic E-state index is -3.55. The summed E-state index contributed by atoms with van der Waals surface area (Å²) in [6, 6.07) is 6.95. The van der Waals surface area contributed by atoms with Crippen LogP contribution in [0.4, 0.5) is 0 Å². The highest BCUT2D eigenvalue weighted by Gasteiger charge is 2.18. The Kier molecular flexibility index (Phi) is 4.92. The van der Waals surface area contributed by atoms with Crippen LogP contribution < -0.4 is 10.5 Å². The summed E-state index contributed by atoms with van der Waals surface area (Å²) < 4.78 is 27.7. The summed E-state index contributed by atoms with van der Waals surface area (Å²) in [6.45, 7) is 4.84. The summed E-state index contributed by atoms with van der Waals surface area (Å²) in [5, 5.41) is 0.650. The van der Waals surface area contributed by atoms with Crippen LogP contribution in [0.3, 0.4) is 0 Å². The lowest BCUT2D eigenvalue weighted by Gasteiger charge is -2.13. The third-order valence-corrected chi connectivity index (χ3v) is 4.98. The number of hydrogen-bond acceptors (Lipinski definition) is 4. The second kappa shape index (κ2) is 6.51. The molecule has 0 amide bonds. The number of benzene rings is 1. The van der Waals surface area contributed by atoms with Crippen LogP contribution in [-0.4, -0.2) is 26.5 Å². The van der Waals surface area contributed by atoms with E-state index < -0.39 is 10.0 Å². The van der Waals surface area contributed by atoms with Gasteiger partial charge < -0.3 is 5.73 Å². The first kappa shape index (κ1) is 15.9. The molecule has 0 aliphatic rings. The molecular formula is C15H21N3O2S. The quantitative estimate of drug-likeness (QED) is 0.852. The zero-order chi connectivity index (χ0) is 15.5. The lowest BCUT2D eigenvalue weighted by molar-refractivity contribution is 0.516. The third-order valence-electron chi connectivity index (χ3n) is 3.50. The van der Waals surface area contributed by atoms with Gasteiger partial charge in [0.15, 0.2) is 0 Å². The van der Waals surface area contributed by atoms with Gasteiger partial charge in [0.1, 0.15) is 0 Å². The summed E-state index contributed by atoms with van der Waals surface area (Å²) in [4.78, 5) is 4.55. The molecule has 0 aliphatic heterocycles. The molecule has 0 fully saturated rings. The molecule has 1 aromatic heterocycles. The number of aromatic nitrogens is 1. The SMILES string of the molecule is Cc1ccc(S(=O)(=O)NCC(C)CCN)c2cccnc12. The standard InChI is InChI=1S/C15H21N3O2S/c1-11(7-8-16)10-18-21(19,20)14-6-5-12(2)15-13(14)4-3-9-17-15/h3-6,9,11,18H,7-8,10,16H2,1-2H3. The molecule has 6 heteroatoms. The van der Waals surface area contributed by atoms with Gasteiger partial charge in [0.2, 0.25) is 10.0 Å². The average Bonchev–Trinajstić information content (AvgIpc) is 2.46. The average molecular weight is 307 g/mol. The summed E-state index contributed by atoms with van der Waals surface area (Å²) >= 11 is 0. The fourth-order valence-corrected chi connectivity index (χ4v) is 3.60. The predicted molar refractivity (Wildman–Crippen MR) is 84.5 cm³/mol. The molecular weight excluding hydrogens is 286 g/mol. The maximum absolute atomic E-state index is 12.5. The Bertz CT molecular complexity index is 729. The van der Waals surface area contributed by atoms with Gasteiger partial charge >= 0.3 is 0 Å². The van der Waals surface area contributed by atoms with E-state index in [4.69, 9.17) is 5.73 Å². The number of rotatable bonds is 6. The van der Waals surface area contributed by atoms with Crippen LogP contribution in [0.1, 0.15) is 18.9 Å². The maximum Gasteiger partial charge on any atom is 0.241 e. The highest BCUT2D eigenvalue weighted by molar-refractivity contribution is 7.89. The van der Waals surface area contributed by atoms with Crippen LogP contribution in [0.5, 0.6) is 0 Å². The van der Waals surface area contributed by atoms with Gasteiger partial charge in [-0.25, -0.2) is 13.1 Å². The topological polar surface area (TPSA) is 85.1 Å². The van der Waals surface area contributed by atoms with Crippen molar-refractivity contribution in [3.8, 4) is 0 Å². The highest BCUT2D eigenvalue weighted by Crippen LogP contribution is 2.24. The van der Waals surface area contributed by atoms with Gasteiger partial charge in [-0.3, -0.25) is 4.98 Å². The highest BCUT2D eigenvalue weighted by atomic mass is 32.2. The smallest absolute Gasteiger partial charge is 0.241 e. The number of nitrogens with two attached hydrogens (primary N) is 1. The van der Waals surface area contributed by atoms with Crippen molar-refractivity contribution < 1.29 is 8.42 Å². The van der Waals surface area contributed by atoms with E-state index in [2.05, 4.69) is 9.71 Å². The molecule has 2 aromatic rings. The maximum atomic E-state index is 12.5. The summed E-state index contributed by atoms with van der Waals surface area (Å²) in [5.41, 5.74) is 7.16. The molecule has 0 spiro atoms. The molecule has 1 heterocycles. The first-order valence-electron chi connectivity index (χ1n) is 7.00. The van der Waals surface area contributed by atoms with Gasteiger partial charge in [0.05, 0.1) is 10.4 Å². The first-order valence-corrected chi connectivity index (χ1v) is 8.48. The number of nitrogens with one attached hydrogen (secondary N) is 1. The molecule has 1 atom stereocenters. The second-order valence-corrected chi connectivity index (χ2v) is 7.05. The predicted octanol–water partition coefficient (Wildman–Crippen LogP) is 1.81. The molecule has 1 aromatic carbocycles. The first-order chi connectivity index (χ1) is 9.95. The molecule has 21 heavy (non-hydrogen) atoms. The van der Waals surface area contributed by atoms with Gasteiger partial charge in [-0.1, -0.05) is 13.0 Å². The van der Waals surface area contributed by atoms with Crippen molar-refractivity contribution in [2.24, 2.45) is 11.7 Å². The minimum absolute atomic E-state index is 0.208. The van der Waals surface area contributed by atoms with Crippen molar-refractivity contribution in [3.05, 3.63) is 36.0 Å². The van der Waals surface area contributed by atoms with Crippen LogP contribution in [0.2, 0.25) is 0 Å². The Labute approximate surface area is 125 Å². The zero-order valence-electron chi connectivity index (χ0n) is 12.3. The van der Waals surface area contributed by atoms with Crippen LogP contribution >= 0.6 is 0 Å². The molecule has 0 radical (unpaired) electrons. The van der Waals surface area contributed by atoms with Gasteiger partial charge in [0, 0.05) is 18.1 Å². The largest absolute Gasteiger partial charge is 0.330 e. The monoisotopic (exact) mass is 307 g/mol. The van der Waals surface area contributed by atoms with Crippen molar-refractivity contribution >= 4 is 20.9 Å². The van der Waals surface area contributed by atoms with Crippen LogP contribution in [-0.2, 0) is 10.0 Å². The lowest BCUT2D eigenvalue weighted by atomic mass is 10.1. The molecule has 0 saturated heterocycles. The van der Waals surface area contributed by atoms with E-state index in [9.17, 15) is 8.42 Å². The molecule has 2 rings (SSSR count). The number of pyridine rings is 1. The van der Waals surface area contributed by atoms with E-state index >= 15 is 0 Å². The van der Waals surface area contributed by atoms with Gasteiger partial charge in [-0.2, -0.15) is 0 Å². The summed E-state index contributed by atoms with van der Waals surface area (Å²) in [7, 11) is -3.55. The fraction of sp³-hybridized carbons (Fsp3) is 0.400. The molecule has 5 nitrogen and oxygen atoms in total. The Morgan fingerprint density at radius 2 is 2.10 bits per heavy atom. The van der Waals surface area contributed by atoms with Crippen LogP contribution in [0.15, 0.2) is 35.4 Å². The molecule has 0 saturated carbocycles. The van der Waals surface area contributed by atoms with Crippen LogP contribution in [0, 0.1) is 12.8 Å². The Morgan fingerprint density at radius 1 is 1.33 bits per heavy atom. The summed E-state index contributed by atoms with van der Waals surface area (Å²) in [6.07, 6.45) is 2.46. The Morgan fingerprint density at radius 3 is 2.81 bits per heavy atom. The number of hydrogen-bond donors (Lipinski definition) is 2. The Hall–Kier alpha value is -1.50. The van der Waals surface area contributed by atoms with Gasteiger partial charge in [0.25, 0.3) is 0 Å². The molecule has 1 unspecified atom stereocenters. The van der Waals surface area contributed by atoms with E-state index in [1.165, 1.54) is 0 Å². The number of sulfonamides is 1. The number of nitrogens with zero attached hydrogens (tertiary/aromatic N) is 1.